The summed E-state index contributed by atoms with van der Waals surface area (Å²) in [5.74, 6) is -1.18. The van der Waals surface area contributed by atoms with Crippen molar-refractivity contribution in [2.75, 3.05) is 36.5 Å². The minimum Gasteiger partial charge on any atom is -0.378 e. The summed E-state index contributed by atoms with van der Waals surface area (Å²) in [7, 11) is 0. The highest BCUT2D eigenvalue weighted by Crippen LogP contribution is 2.23. The smallest absolute Gasteiger partial charge is 0.296 e. The van der Waals surface area contributed by atoms with Gasteiger partial charge in [-0.3, -0.25) is 9.59 Å². The number of morpholine rings is 1. The number of Topliss-reactive ketones (excluding diaryl/α,β-unsaturated/α-hetero) is 1. The van der Waals surface area contributed by atoms with E-state index in [-0.39, 0.29) is 0 Å². The predicted octanol–water partition coefficient (Wildman–Crippen LogP) is 3.13. The monoisotopic (exact) mass is 363 g/mol. The van der Waals surface area contributed by atoms with Gasteiger partial charge in [0.15, 0.2) is 0 Å². The molecule has 1 aliphatic rings. The Bertz CT molecular complexity index is 986. The van der Waals surface area contributed by atoms with Crippen LogP contribution in [-0.2, 0) is 9.53 Å². The first-order valence-corrected chi connectivity index (χ1v) is 8.99. The van der Waals surface area contributed by atoms with E-state index in [4.69, 9.17) is 4.74 Å². The first kappa shape index (κ1) is 17.3. The summed E-state index contributed by atoms with van der Waals surface area (Å²) in [5, 5.41) is 3.47. The number of nitrogens with zero attached hydrogens (tertiary/aromatic N) is 1. The molecule has 0 radical (unpaired) electrons. The number of aromatic amines is 1. The Balaban J connectivity index is 1.50. The van der Waals surface area contributed by atoms with Crippen LogP contribution in [0.3, 0.4) is 0 Å². The van der Waals surface area contributed by atoms with Gasteiger partial charge in [0.2, 0.25) is 0 Å². The molecular weight excluding hydrogens is 342 g/mol. The minimum atomic E-state index is -0.637. The van der Waals surface area contributed by atoms with E-state index in [2.05, 4.69) is 15.2 Å². The van der Waals surface area contributed by atoms with Crippen LogP contribution in [0.5, 0.6) is 0 Å². The highest BCUT2D eigenvalue weighted by Gasteiger charge is 2.22. The van der Waals surface area contributed by atoms with Gasteiger partial charge in [0.25, 0.3) is 11.7 Å². The number of anilines is 2. The second kappa shape index (κ2) is 7.25. The summed E-state index contributed by atoms with van der Waals surface area (Å²) in [4.78, 5) is 30.6. The summed E-state index contributed by atoms with van der Waals surface area (Å²) < 4.78 is 5.36. The van der Waals surface area contributed by atoms with E-state index >= 15 is 0 Å². The van der Waals surface area contributed by atoms with E-state index in [1.807, 2.05) is 48.5 Å². The minimum absolute atomic E-state index is 0.424. The molecule has 0 saturated carbocycles. The van der Waals surface area contributed by atoms with Crippen molar-refractivity contribution >= 4 is 34.0 Å². The van der Waals surface area contributed by atoms with Crippen LogP contribution in [0, 0.1) is 6.92 Å². The number of carbonyl (C=O) groups is 2. The number of H-pyrrole nitrogens is 1. The fourth-order valence-electron chi connectivity index (χ4n) is 3.45. The summed E-state index contributed by atoms with van der Waals surface area (Å²) in [5.41, 5.74) is 3.64. The Morgan fingerprint density at radius 3 is 2.48 bits per heavy atom. The van der Waals surface area contributed by atoms with Gasteiger partial charge < -0.3 is 19.9 Å². The van der Waals surface area contributed by atoms with Gasteiger partial charge >= 0.3 is 0 Å². The van der Waals surface area contributed by atoms with Crippen molar-refractivity contribution < 1.29 is 14.3 Å². The second-order valence-corrected chi connectivity index (χ2v) is 6.60. The van der Waals surface area contributed by atoms with Gasteiger partial charge in [-0.15, -0.1) is 0 Å². The molecule has 6 nitrogen and oxygen atoms in total. The molecule has 4 rings (SSSR count). The zero-order chi connectivity index (χ0) is 18.8. The number of hydrogen-bond donors (Lipinski definition) is 2. The van der Waals surface area contributed by atoms with Gasteiger partial charge in [0, 0.05) is 41.1 Å². The van der Waals surface area contributed by atoms with Crippen LogP contribution in [0.4, 0.5) is 11.4 Å². The molecule has 0 atom stereocenters. The second-order valence-electron chi connectivity index (χ2n) is 6.60. The highest BCUT2D eigenvalue weighted by atomic mass is 16.5. The first-order valence-electron chi connectivity index (χ1n) is 8.99. The molecule has 1 saturated heterocycles. The third-order valence-electron chi connectivity index (χ3n) is 4.83. The molecule has 0 bridgehead atoms. The molecule has 2 heterocycles. The zero-order valence-electron chi connectivity index (χ0n) is 15.1. The van der Waals surface area contributed by atoms with Crippen molar-refractivity contribution in [1.29, 1.82) is 0 Å². The molecule has 0 spiro atoms. The van der Waals surface area contributed by atoms with Crippen LogP contribution in [0.1, 0.15) is 16.1 Å². The van der Waals surface area contributed by atoms with E-state index in [0.29, 0.717) is 16.9 Å². The van der Waals surface area contributed by atoms with Crippen molar-refractivity contribution in [3.63, 3.8) is 0 Å². The van der Waals surface area contributed by atoms with Crippen molar-refractivity contribution in [1.82, 2.24) is 4.98 Å². The van der Waals surface area contributed by atoms with Crippen molar-refractivity contribution in [2.45, 2.75) is 6.92 Å². The lowest BCUT2D eigenvalue weighted by molar-refractivity contribution is -0.112. The Labute approximate surface area is 157 Å². The Morgan fingerprint density at radius 2 is 1.74 bits per heavy atom. The maximum absolute atomic E-state index is 12.7. The van der Waals surface area contributed by atoms with Crippen molar-refractivity contribution in [2.24, 2.45) is 0 Å². The number of fused-ring (bicyclic) bond motifs is 1. The molecule has 1 amide bonds. The van der Waals surface area contributed by atoms with Crippen LogP contribution in [0.25, 0.3) is 10.9 Å². The van der Waals surface area contributed by atoms with Gasteiger partial charge in [-0.25, -0.2) is 0 Å². The lowest BCUT2D eigenvalue weighted by Crippen LogP contribution is -2.36. The van der Waals surface area contributed by atoms with Gasteiger partial charge in [-0.1, -0.05) is 18.2 Å². The third kappa shape index (κ3) is 3.44. The molecule has 0 unspecified atom stereocenters. The van der Waals surface area contributed by atoms with E-state index in [1.54, 1.807) is 6.92 Å². The normalized spacial score (nSPS) is 14.3. The number of benzene rings is 2. The summed E-state index contributed by atoms with van der Waals surface area (Å²) in [6.45, 7) is 4.94. The highest BCUT2D eigenvalue weighted by molar-refractivity contribution is 6.48. The molecule has 3 aromatic rings. The Morgan fingerprint density at radius 1 is 1.04 bits per heavy atom. The average Bonchev–Trinajstić information content (AvgIpc) is 3.04. The molecule has 1 fully saturated rings. The molecule has 6 heteroatoms. The quantitative estimate of drug-likeness (QED) is 0.552. The molecule has 138 valence electrons. The SMILES string of the molecule is Cc1[nH]c2ccccc2c1C(=O)C(=O)Nc1ccc(N2CCOCC2)cc1. The number of aryl methyl sites for hydroxylation is 1. The number of amides is 1. The predicted molar refractivity (Wildman–Crippen MR) is 105 cm³/mol. The van der Waals surface area contributed by atoms with Gasteiger partial charge in [-0.05, 0) is 37.3 Å². The lowest BCUT2D eigenvalue weighted by Gasteiger charge is -2.28. The van der Waals surface area contributed by atoms with E-state index in [9.17, 15) is 9.59 Å². The lowest BCUT2D eigenvalue weighted by atomic mass is 10.1. The largest absolute Gasteiger partial charge is 0.378 e. The summed E-state index contributed by atoms with van der Waals surface area (Å²) in [6.07, 6.45) is 0. The van der Waals surface area contributed by atoms with E-state index < -0.39 is 11.7 Å². The van der Waals surface area contributed by atoms with Gasteiger partial charge in [0.05, 0.1) is 18.8 Å². The summed E-state index contributed by atoms with van der Waals surface area (Å²) >= 11 is 0. The van der Waals surface area contributed by atoms with E-state index in [1.165, 1.54) is 0 Å². The van der Waals surface area contributed by atoms with Crippen molar-refractivity contribution in [3.8, 4) is 0 Å². The number of hydrogen-bond acceptors (Lipinski definition) is 4. The Kier molecular flexibility index (Phi) is 4.64. The maximum atomic E-state index is 12.7. The Hall–Kier alpha value is -3.12. The number of ketones is 1. The third-order valence-corrected chi connectivity index (χ3v) is 4.83. The first-order chi connectivity index (χ1) is 13.1. The molecular formula is C21H21N3O3. The van der Waals surface area contributed by atoms with Crippen LogP contribution >= 0.6 is 0 Å². The molecule has 2 N–H and O–H groups in total. The number of aromatic nitrogens is 1. The van der Waals surface area contributed by atoms with Crippen LogP contribution in [-0.4, -0.2) is 43.0 Å². The van der Waals surface area contributed by atoms with Gasteiger partial charge in [-0.2, -0.15) is 0 Å². The summed E-state index contributed by atoms with van der Waals surface area (Å²) in [6, 6.07) is 15.0. The fraction of sp³-hybridized carbons (Fsp3) is 0.238. The average molecular weight is 363 g/mol. The molecule has 27 heavy (non-hydrogen) atoms. The van der Waals surface area contributed by atoms with Crippen LogP contribution in [0.2, 0.25) is 0 Å². The fourth-order valence-corrected chi connectivity index (χ4v) is 3.45. The number of carbonyl (C=O) groups excluding carboxylic acids is 2. The number of ether oxygens (including phenoxy) is 1. The van der Waals surface area contributed by atoms with Crippen LogP contribution < -0.4 is 10.2 Å². The number of rotatable bonds is 4. The molecule has 2 aromatic carbocycles. The molecule has 1 aromatic heterocycles. The molecule has 0 aliphatic carbocycles. The number of para-hydroxylation sites is 1. The number of nitrogens with one attached hydrogen (secondary N) is 2. The van der Waals surface area contributed by atoms with Crippen molar-refractivity contribution in [3.05, 3.63) is 59.8 Å². The standard InChI is InChI=1S/C21H21N3O3/c1-14-19(17-4-2-3-5-18(17)22-14)20(25)21(26)23-15-6-8-16(9-7-15)24-10-12-27-13-11-24/h2-9,22H,10-13H2,1H3,(H,23,26). The van der Waals surface area contributed by atoms with E-state index in [0.717, 1.165) is 42.9 Å². The van der Waals surface area contributed by atoms with Crippen LogP contribution in [0.15, 0.2) is 48.5 Å². The van der Waals surface area contributed by atoms with Gasteiger partial charge in [0.1, 0.15) is 0 Å². The maximum Gasteiger partial charge on any atom is 0.296 e. The topological polar surface area (TPSA) is 74.4 Å². The molecule has 1 aliphatic heterocycles. The zero-order valence-corrected chi connectivity index (χ0v) is 15.1.